The van der Waals surface area contributed by atoms with Crippen LogP contribution in [0.5, 0.6) is 0 Å². The fourth-order valence-electron chi connectivity index (χ4n) is 0.996. The van der Waals surface area contributed by atoms with E-state index in [9.17, 15) is 0 Å². The molecule has 0 aromatic heterocycles. The smallest absolute Gasteiger partial charge is 0.168 e. The number of methoxy groups -OCH3 is 1. The van der Waals surface area contributed by atoms with Crippen molar-refractivity contribution in [1.82, 2.24) is 0 Å². The van der Waals surface area contributed by atoms with E-state index < -0.39 is 6.10 Å². The third-order valence-corrected chi connectivity index (χ3v) is 1.70. The topological polar surface area (TPSA) is 56.8 Å². The van der Waals surface area contributed by atoms with Crippen LogP contribution in [-0.4, -0.2) is 7.11 Å². The standard InChI is InChI=1S/C10H8N2O/c1-13-10(7-12)9-4-2-8(6-11)3-5-9/h2-5,10H,1H3. The lowest BCUT2D eigenvalue weighted by Crippen LogP contribution is -1.97. The molecule has 0 saturated carbocycles. The highest BCUT2D eigenvalue weighted by molar-refractivity contribution is 5.33. The second kappa shape index (κ2) is 4.25. The predicted molar refractivity (Wildman–Crippen MR) is 46.5 cm³/mol. The van der Waals surface area contributed by atoms with E-state index in [1.165, 1.54) is 7.11 Å². The maximum absolute atomic E-state index is 8.67. The summed E-state index contributed by atoms with van der Waals surface area (Å²) in [5.74, 6) is 0. The molecule has 0 radical (unpaired) electrons. The molecule has 13 heavy (non-hydrogen) atoms. The van der Waals surface area contributed by atoms with Crippen LogP contribution in [0.15, 0.2) is 24.3 Å². The number of hydrogen-bond donors (Lipinski definition) is 0. The molecule has 0 aliphatic rings. The van der Waals surface area contributed by atoms with Gasteiger partial charge in [-0.05, 0) is 17.7 Å². The maximum Gasteiger partial charge on any atom is 0.168 e. The summed E-state index contributed by atoms with van der Waals surface area (Å²) >= 11 is 0. The van der Waals surface area contributed by atoms with E-state index in [0.717, 1.165) is 5.56 Å². The molecule has 0 N–H and O–H groups in total. The van der Waals surface area contributed by atoms with Gasteiger partial charge in [0, 0.05) is 7.11 Å². The van der Waals surface area contributed by atoms with Crippen molar-refractivity contribution in [2.24, 2.45) is 0 Å². The van der Waals surface area contributed by atoms with E-state index in [1.54, 1.807) is 24.3 Å². The third-order valence-electron chi connectivity index (χ3n) is 1.70. The van der Waals surface area contributed by atoms with Crippen LogP contribution in [0.1, 0.15) is 17.2 Å². The normalized spacial score (nSPS) is 11.3. The first-order valence-corrected chi connectivity index (χ1v) is 3.74. The third kappa shape index (κ3) is 2.05. The highest BCUT2D eigenvalue weighted by Crippen LogP contribution is 2.15. The van der Waals surface area contributed by atoms with E-state index in [4.69, 9.17) is 15.3 Å². The van der Waals surface area contributed by atoms with E-state index in [1.807, 2.05) is 12.1 Å². The van der Waals surface area contributed by atoms with Gasteiger partial charge in [-0.25, -0.2) is 0 Å². The summed E-state index contributed by atoms with van der Waals surface area (Å²) in [4.78, 5) is 0. The van der Waals surface area contributed by atoms with Gasteiger partial charge in [0.2, 0.25) is 0 Å². The summed E-state index contributed by atoms with van der Waals surface area (Å²) in [6.45, 7) is 0. The molecule has 1 atom stereocenters. The van der Waals surface area contributed by atoms with Gasteiger partial charge in [0.25, 0.3) is 0 Å². The van der Waals surface area contributed by atoms with Gasteiger partial charge >= 0.3 is 0 Å². The van der Waals surface area contributed by atoms with E-state index in [-0.39, 0.29) is 0 Å². The lowest BCUT2D eigenvalue weighted by Gasteiger charge is -2.05. The molecule has 3 heteroatoms. The first-order chi connectivity index (χ1) is 6.31. The van der Waals surface area contributed by atoms with Crippen molar-refractivity contribution in [3.8, 4) is 12.1 Å². The largest absolute Gasteiger partial charge is 0.362 e. The number of rotatable bonds is 2. The van der Waals surface area contributed by atoms with E-state index in [0.29, 0.717) is 5.56 Å². The van der Waals surface area contributed by atoms with E-state index in [2.05, 4.69) is 0 Å². The van der Waals surface area contributed by atoms with Crippen molar-refractivity contribution < 1.29 is 4.74 Å². The lowest BCUT2D eigenvalue weighted by atomic mass is 10.1. The molecule has 0 fully saturated rings. The molecule has 0 bridgehead atoms. The van der Waals surface area contributed by atoms with Gasteiger partial charge in [0.15, 0.2) is 6.10 Å². The Kier molecular flexibility index (Phi) is 3.03. The van der Waals surface area contributed by atoms with Crippen LogP contribution in [0, 0.1) is 22.7 Å². The zero-order valence-electron chi connectivity index (χ0n) is 7.19. The second-order valence-corrected chi connectivity index (χ2v) is 2.48. The van der Waals surface area contributed by atoms with Gasteiger partial charge in [0.1, 0.15) is 0 Å². The van der Waals surface area contributed by atoms with Crippen LogP contribution in [0.25, 0.3) is 0 Å². The lowest BCUT2D eigenvalue weighted by molar-refractivity contribution is 0.148. The van der Waals surface area contributed by atoms with Crippen molar-refractivity contribution in [2.75, 3.05) is 7.11 Å². The molecular weight excluding hydrogens is 164 g/mol. The van der Waals surface area contributed by atoms with Crippen LogP contribution in [0.2, 0.25) is 0 Å². The number of ether oxygens (including phenoxy) is 1. The molecule has 0 spiro atoms. The average molecular weight is 172 g/mol. The highest BCUT2D eigenvalue weighted by Gasteiger charge is 2.07. The van der Waals surface area contributed by atoms with Crippen molar-refractivity contribution >= 4 is 0 Å². The van der Waals surface area contributed by atoms with Crippen LogP contribution in [0.4, 0.5) is 0 Å². The predicted octanol–water partition coefficient (Wildman–Crippen LogP) is 1.77. The first-order valence-electron chi connectivity index (χ1n) is 3.74. The minimum Gasteiger partial charge on any atom is -0.362 e. The minimum atomic E-state index is -0.548. The Bertz CT molecular complexity index is 356. The van der Waals surface area contributed by atoms with Gasteiger partial charge in [-0.2, -0.15) is 10.5 Å². The Labute approximate surface area is 76.8 Å². The fourth-order valence-corrected chi connectivity index (χ4v) is 0.996. The average Bonchev–Trinajstić information content (AvgIpc) is 2.21. The Morgan fingerprint density at radius 3 is 2.23 bits per heavy atom. The van der Waals surface area contributed by atoms with Crippen molar-refractivity contribution in [3.63, 3.8) is 0 Å². The van der Waals surface area contributed by atoms with Crippen molar-refractivity contribution in [2.45, 2.75) is 6.10 Å². The molecule has 3 nitrogen and oxygen atoms in total. The summed E-state index contributed by atoms with van der Waals surface area (Å²) in [5, 5.41) is 17.2. The van der Waals surface area contributed by atoms with Gasteiger partial charge in [-0.3, -0.25) is 0 Å². The molecule has 0 aliphatic carbocycles. The summed E-state index contributed by atoms with van der Waals surface area (Å²) in [6.07, 6.45) is -0.548. The monoisotopic (exact) mass is 172 g/mol. The van der Waals surface area contributed by atoms with Crippen LogP contribution in [0.3, 0.4) is 0 Å². The van der Waals surface area contributed by atoms with Crippen LogP contribution < -0.4 is 0 Å². The SMILES string of the molecule is COC(C#N)c1ccc(C#N)cc1. The molecule has 0 saturated heterocycles. The van der Waals surface area contributed by atoms with Crippen molar-refractivity contribution in [3.05, 3.63) is 35.4 Å². The maximum atomic E-state index is 8.67. The summed E-state index contributed by atoms with van der Waals surface area (Å²) < 4.78 is 4.92. The highest BCUT2D eigenvalue weighted by atomic mass is 16.5. The molecular formula is C10H8N2O. The number of nitriles is 2. The summed E-state index contributed by atoms with van der Waals surface area (Å²) in [6, 6.07) is 10.8. The van der Waals surface area contributed by atoms with Gasteiger partial charge in [-0.15, -0.1) is 0 Å². The molecule has 0 amide bonds. The molecule has 64 valence electrons. The van der Waals surface area contributed by atoms with Crippen LogP contribution in [-0.2, 0) is 4.74 Å². The van der Waals surface area contributed by atoms with Crippen molar-refractivity contribution in [1.29, 1.82) is 10.5 Å². The summed E-state index contributed by atoms with van der Waals surface area (Å²) in [7, 11) is 1.48. The molecule has 1 unspecified atom stereocenters. The summed E-state index contributed by atoms with van der Waals surface area (Å²) in [5.41, 5.74) is 1.35. The number of benzene rings is 1. The Morgan fingerprint density at radius 1 is 1.23 bits per heavy atom. The quantitative estimate of drug-likeness (QED) is 0.683. The van der Waals surface area contributed by atoms with Gasteiger partial charge in [-0.1, -0.05) is 12.1 Å². The Morgan fingerprint density at radius 2 is 1.85 bits per heavy atom. The Hall–Kier alpha value is -1.84. The fraction of sp³-hybridized carbons (Fsp3) is 0.200. The minimum absolute atomic E-state index is 0.548. The number of nitrogens with zero attached hydrogens (tertiary/aromatic N) is 2. The molecule has 0 heterocycles. The number of hydrogen-bond acceptors (Lipinski definition) is 3. The van der Waals surface area contributed by atoms with E-state index >= 15 is 0 Å². The molecule has 0 aliphatic heterocycles. The molecule has 1 aromatic rings. The van der Waals surface area contributed by atoms with Gasteiger partial charge in [0.05, 0.1) is 17.7 Å². The Balaban J connectivity index is 2.94. The molecule has 1 rings (SSSR count). The first kappa shape index (κ1) is 9.25. The second-order valence-electron chi connectivity index (χ2n) is 2.48. The zero-order valence-corrected chi connectivity index (χ0v) is 7.19. The van der Waals surface area contributed by atoms with Crippen LogP contribution >= 0.6 is 0 Å². The van der Waals surface area contributed by atoms with Gasteiger partial charge < -0.3 is 4.74 Å². The zero-order chi connectivity index (χ0) is 9.68. The molecule has 1 aromatic carbocycles.